The number of rotatable bonds is 1. The molecule has 1 nitrogen and oxygen atoms in total. The monoisotopic (exact) mass is 277 g/mol. The van der Waals surface area contributed by atoms with Crippen molar-refractivity contribution in [2.45, 2.75) is 6.42 Å². The largest absolute Gasteiger partial charge is 0.284 e. The molecule has 0 spiro atoms. The SMILES string of the molecule is Cl.Clc1ccc2c(c1)C(c1ccccc1)=NCC2. The Morgan fingerprint density at radius 3 is 2.56 bits per heavy atom. The van der Waals surface area contributed by atoms with Crippen molar-refractivity contribution in [3.8, 4) is 0 Å². The maximum Gasteiger partial charge on any atom is 0.0722 e. The van der Waals surface area contributed by atoms with E-state index < -0.39 is 0 Å². The Balaban J connectivity index is 0.00000120. The number of halogens is 2. The van der Waals surface area contributed by atoms with E-state index in [2.05, 4.69) is 23.2 Å². The van der Waals surface area contributed by atoms with E-state index in [-0.39, 0.29) is 12.4 Å². The lowest BCUT2D eigenvalue weighted by atomic mass is 9.93. The number of fused-ring (bicyclic) bond motifs is 1. The normalized spacial score (nSPS) is 13.3. The number of benzene rings is 2. The van der Waals surface area contributed by atoms with Gasteiger partial charge in [-0.05, 0) is 24.1 Å². The minimum Gasteiger partial charge on any atom is -0.284 e. The maximum absolute atomic E-state index is 6.07. The van der Waals surface area contributed by atoms with E-state index in [1.165, 1.54) is 11.1 Å². The first-order valence-electron chi connectivity index (χ1n) is 5.73. The lowest BCUT2D eigenvalue weighted by Gasteiger charge is -2.17. The average molecular weight is 278 g/mol. The lowest BCUT2D eigenvalue weighted by molar-refractivity contribution is 0.944. The van der Waals surface area contributed by atoms with Crippen LogP contribution in [-0.2, 0) is 6.42 Å². The van der Waals surface area contributed by atoms with Crippen molar-refractivity contribution in [1.29, 1.82) is 0 Å². The van der Waals surface area contributed by atoms with Crippen LogP contribution in [0.15, 0.2) is 53.5 Å². The fraction of sp³-hybridized carbons (Fsp3) is 0.133. The average Bonchev–Trinajstić information content (AvgIpc) is 2.39. The molecule has 0 radical (unpaired) electrons. The zero-order valence-electron chi connectivity index (χ0n) is 9.77. The van der Waals surface area contributed by atoms with Crippen LogP contribution in [0.5, 0.6) is 0 Å². The van der Waals surface area contributed by atoms with Crippen LogP contribution in [0, 0.1) is 0 Å². The van der Waals surface area contributed by atoms with E-state index in [9.17, 15) is 0 Å². The van der Waals surface area contributed by atoms with E-state index in [1.54, 1.807) is 0 Å². The highest BCUT2D eigenvalue weighted by Crippen LogP contribution is 2.23. The van der Waals surface area contributed by atoms with Crippen LogP contribution in [0.25, 0.3) is 0 Å². The Hall–Kier alpha value is -1.31. The molecule has 0 fully saturated rings. The van der Waals surface area contributed by atoms with Gasteiger partial charge in [-0.15, -0.1) is 12.4 Å². The molecule has 0 saturated carbocycles. The van der Waals surface area contributed by atoms with Crippen molar-refractivity contribution in [3.63, 3.8) is 0 Å². The third-order valence-electron chi connectivity index (χ3n) is 3.03. The van der Waals surface area contributed by atoms with Gasteiger partial charge in [-0.25, -0.2) is 0 Å². The third-order valence-corrected chi connectivity index (χ3v) is 3.26. The smallest absolute Gasteiger partial charge is 0.0722 e. The molecule has 0 N–H and O–H groups in total. The van der Waals surface area contributed by atoms with Gasteiger partial charge in [0.2, 0.25) is 0 Å². The lowest BCUT2D eigenvalue weighted by Crippen LogP contribution is -2.13. The molecule has 3 heteroatoms. The molecular formula is C15H13Cl2N. The summed E-state index contributed by atoms with van der Waals surface area (Å²) in [6.45, 7) is 0.860. The van der Waals surface area contributed by atoms with Crippen molar-refractivity contribution < 1.29 is 0 Å². The van der Waals surface area contributed by atoms with Gasteiger partial charge >= 0.3 is 0 Å². The molecule has 0 bridgehead atoms. The number of nitrogens with zero attached hydrogens (tertiary/aromatic N) is 1. The van der Waals surface area contributed by atoms with Crippen molar-refractivity contribution in [2.75, 3.05) is 6.54 Å². The molecule has 2 aromatic carbocycles. The Labute approximate surface area is 118 Å². The highest BCUT2D eigenvalue weighted by molar-refractivity contribution is 6.31. The topological polar surface area (TPSA) is 12.4 Å². The maximum atomic E-state index is 6.07. The van der Waals surface area contributed by atoms with Gasteiger partial charge < -0.3 is 0 Å². The van der Waals surface area contributed by atoms with Gasteiger partial charge in [0.25, 0.3) is 0 Å². The van der Waals surface area contributed by atoms with E-state index >= 15 is 0 Å². The molecule has 0 amide bonds. The van der Waals surface area contributed by atoms with E-state index in [4.69, 9.17) is 11.6 Å². The van der Waals surface area contributed by atoms with Crippen molar-refractivity contribution >= 4 is 29.7 Å². The summed E-state index contributed by atoms with van der Waals surface area (Å²) in [6.07, 6.45) is 1.00. The van der Waals surface area contributed by atoms with Gasteiger partial charge in [0.1, 0.15) is 0 Å². The second-order valence-corrected chi connectivity index (χ2v) is 4.58. The fourth-order valence-electron chi connectivity index (χ4n) is 2.20. The van der Waals surface area contributed by atoms with Gasteiger partial charge in [-0.2, -0.15) is 0 Å². The Morgan fingerprint density at radius 2 is 1.78 bits per heavy atom. The number of hydrogen-bond donors (Lipinski definition) is 0. The van der Waals surface area contributed by atoms with Crippen LogP contribution >= 0.6 is 24.0 Å². The van der Waals surface area contributed by atoms with Crippen LogP contribution in [-0.4, -0.2) is 12.3 Å². The van der Waals surface area contributed by atoms with Crippen LogP contribution < -0.4 is 0 Å². The molecule has 0 aliphatic carbocycles. The molecular weight excluding hydrogens is 265 g/mol. The van der Waals surface area contributed by atoms with Crippen molar-refractivity contribution in [1.82, 2.24) is 0 Å². The number of aliphatic imine (C=N–C) groups is 1. The van der Waals surface area contributed by atoms with Crippen LogP contribution in [0.1, 0.15) is 16.7 Å². The first kappa shape index (κ1) is 13.1. The highest BCUT2D eigenvalue weighted by atomic mass is 35.5. The quantitative estimate of drug-likeness (QED) is 0.743. The molecule has 0 aromatic heterocycles. The van der Waals surface area contributed by atoms with Gasteiger partial charge in [0.05, 0.1) is 5.71 Å². The fourth-order valence-corrected chi connectivity index (χ4v) is 2.38. The van der Waals surface area contributed by atoms with Gasteiger partial charge in [0.15, 0.2) is 0 Å². The highest BCUT2D eigenvalue weighted by Gasteiger charge is 2.15. The Morgan fingerprint density at radius 1 is 1.00 bits per heavy atom. The number of hydrogen-bond acceptors (Lipinski definition) is 1. The van der Waals surface area contributed by atoms with Crippen molar-refractivity contribution in [3.05, 3.63) is 70.2 Å². The predicted molar refractivity (Wildman–Crippen MR) is 79.4 cm³/mol. The summed E-state index contributed by atoms with van der Waals surface area (Å²) in [5, 5.41) is 0.772. The molecule has 1 aliphatic rings. The Kier molecular flexibility index (Phi) is 4.05. The summed E-state index contributed by atoms with van der Waals surface area (Å²) in [4.78, 5) is 4.64. The molecule has 0 saturated heterocycles. The second-order valence-electron chi connectivity index (χ2n) is 4.15. The van der Waals surface area contributed by atoms with Crippen LogP contribution in [0.3, 0.4) is 0 Å². The zero-order chi connectivity index (χ0) is 11.7. The minimum atomic E-state index is 0. The first-order valence-corrected chi connectivity index (χ1v) is 6.11. The molecule has 18 heavy (non-hydrogen) atoms. The summed E-state index contributed by atoms with van der Waals surface area (Å²) in [6, 6.07) is 16.4. The van der Waals surface area contributed by atoms with Crippen LogP contribution in [0.4, 0.5) is 0 Å². The van der Waals surface area contributed by atoms with Gasteiger partial charge in [-0.1, -0.05) is 48.0 Å². The minimum absolute atomic E-state index is 0. The molecule has 1 heterocycles. The third kappa shape index (κ3) is 2.43. The summed E-state index contributed by atoms with van der Waals surface area (Å²) in [5.74, 6) is 0. The molecule has 0 atom stereocenters. The van der Waals surface area contributed by atoms with Gasteiger partial charge in [-0.3, -0.25) is 4.99 Å². The summed E-state index contributed by atoms with van der Waals surface area (Å²) >= 11 is 6.07. The molecule has 3 rings (SSSR count). The molecule has 1 aliphatic heterocycles. The summed E-state index contributed by atoms with van der Waals surface area (Å²) < 4.78 is 0. The standard InChI is InChI=1S/C15H12ClN.ClH/c16-13-7-6-11-8-9-17-15(14(11)10-13)12-4-2-1-3-5-12;/h1-7,10H,8-9H2;1H. The summed E-state index contributed by atoms with van der Waals surface area (Å²) in [5.41, 5.74) is 4.74. The molecule has 92 valence electrons. The Bertz CT molecular complexity index is 576. The predicted octanol–water partition coefficient (Wildman–Crippen LogP) is 4.16. The second kappa shape index (κ2) is 5.55. The molecule has 0 unspecified atom stereocenters. The van der Waals surface area contributed by atoms with Gasteiger partial charge in [0, 0.05) is 22.7 Å². The van der Waals surface area contributed by atoms with E-state index in [0.29, 0.717) is 0 Å². The molecule has 2 aromatic rings. The van der Waals surface area contributed by atoms with E-state index in [1.807, 2.05) is 30.3 Å². The zero-order valence-corrected chi connectivity index (χ0v) is 11.3. The summed E-state index contributed by atoms with van der Waals surface area (Å²) in [7, 11) is 0. The van der Waals surface area contributed by atoms with Crippen LogP contribution in [0.2, 0.25) is 5.02 Å². The van der Waals surface area contributed by atoms with E-state index in [0.717, 1.165) is 29.3 Å². The first-order chi connectivity index (χ1) is 8.34. The van der Waals surface area contributed by atoms with Crippen molar-refractivity contribution in [2.24, 2.45) is 4.99 Å².